The third-order valence-corrected chi connectivity index (χ3v) is 2.53. The highest BCUT2D eigenvalue weighted by molar-refractivity contribution is 5.69. The van der Waals surface area contributed by atoms with Crippen molar-refractivity contribution in [3.63, 3.8) is 0 Å². The second kappa shape index (κ2) is 4.00. The van der Waals surface area contributed by atoms with Crippen LogP contribution in [0.4, 0.5) is 4.79 Å². The highest BCUT2D eigenvalue weighted by Gasteiger charge is 2.49. The lowest BCUT2D eigenvalue weighted by Gasteiger charge is -2.36. The van der Waals surface area contributed by atoms with Crippen LogP contribution in [-0.4, -0.2) is 35.5 Å². The van der Waals surface area contributed by atoms with Crippen LogP contribution in [0.3, 0.4) is 0 Å². The van der Waals surface area contributed by atoms with Gasteiger partial charge < -0.3 is 9.47 Å². The number of nitrogens with zero attached hydrogens (tertiary/aromatic N) is 1. The van der Waals surface area contributed by atoms with Crippen LogP contribution in [-0.2, 0) is 9.47 Å². The Morgan fingerprint density at radius 1 is 1.40 bits per heavy atom. The largest absolute Gasteiger partial charge is 0.449 e. The third kappa shape index (κ3) is 2.43. The van der Waals surface area contributed by atoms with Crippen molar-refractivity contribution in [2.45, 2.75) is 52.3 Å². The number of rotatable bonds is 2. The molecule has 0 saturated carbocycles. The standard InChI is InChI=1S/C11H21NO3/c1-6-7-14-9(13)12-10(2,3)8-15-11(12,4)5/h6-8H2,1-5H3. The van der Waals surface area contributed by atoms with Gasteiger partial charge in [-0.1, -0.05) is 6.92 Å². The van der Waals surface area contributed by atoms with E-state index in [4.69, 9.17) is 9.47 Å². The molecule has 1 rings (SSSR count). The van der Waals surface area contributed by atoms with Crippen LogP contribution in [0, 0.1) is 0 Å². The first-order valence-electron chi connectivity index (χ1n) is 5.42. The summed E-state index contributed by atoms with van der Waals surface area (Å²) >= 11 is 0. The molecule has 1 aliphatic rings. The maximum absolute atomic E-state index is 11.9. The number of ether oxygens (including phenoxy) is 2. The van der Waals surface area contributed by atoms with Crippen LogP contribution in [0.2, 0.25) is 0 Å². The topological polar surface area (TPSA) is 38.8 Å². The second-order valence-electron chi connectivity index (χ2n) is 5.00. The molecular formula is C11H21NO3. The Labute approximate surface area is 91.5 Å². The van der Waals surface area contributed by atoms with Crippen LogP contribution in [0.5, 0.6) is 0 Å². The molecule has 0 radical (unpaired) electrons. The fraction of sp³-hybridized carbons (Fsp3) is 0.909. The summed E-state index contributed by atoms with van der Waals surface area (Å²) in [5.41, 5.74) is -0.872. The molecule has 1 aliphatic heterocycles. The van der Waals surface area contributed by atoms with Gasteiger partial charge in [-0.05, 0) is 34.1 Å². The Bertz CT molecular complexity index is 232. The van der Waals surface area contributed by atoms with Crippen molar-refractivity contribution >= 4 is 6.09 Å². The smallest absolute Gasteiger partial charge is 0.412 e. The molecule has 0 aromatic heterocycles. The molecule has 15 heavy (non-hydrogen) atoms. The first-order chi connectivity index (χ1) is 6.81. The van der Waals surface area contributed by atoms with Crippen LogP contribution in [0.1, 0.15) is 41.0 Å². The Morgan fingerprint density at radius 3 is 2.40 bits per heavy atom. The van der Waals surface area contributed by atoms with Gasteiger partial charge in [0.05, 0.1) is 18.8 Å². The quantitative estimate of drug-likeness (QED) is 0.710. The van der Waals surface area contributed by atoms with Gasteiger partial charge in [0.2, 0.25) is 0 Å². The summed E-state index contributed by atoms with van der Waals surface area (Å²) in [5, 5.41) is 0. The van der Waals surface area contributed by atoms with Crippen LogP contribution < -0.4 is 0 Å². The van der Waals surface area contributed by atoms with E-state index in [0.29, 0.717) is 13.2 Å². The van der Waals surface area contributed by atoms with Gasteiger partial charge in [-0.25, -0.2) is 4.79 Å². The van der Waals surface area contributed by atoms with Gasteiger partial charge in [-0.15, -0.1) is 0 Å². The molecular weight excluding hydrogens is 194 g/mol. The van der Waals surface area contributed by atoms with Crippen molar-refractivity contribution in [2.24, 2.45) is 0 Å². The van der Waals surface area contributed by atoms with E-state index in [1.54, 1.807) is 4.90 Å². The zero-order chi connectivity index (χ0) is 11.7. The highest BCUT2D eigenvalue weighted by Crippen LogP contribution is 2.34. The normalized spacial score (nSPS) is 22.9. The van der Waals surface area contributed by atoms with Crippen molar-refractivity contribution < 1.29 is 14.3 Å². The number of hydrogen-bond acceptors (Lipinski definition) is 3. The molecule has 0 bridgehead atoms. The van der Waals surface area contributed by atoms with Gasteiger partial charge in [0.25, 0.3) is 0 Å². The average Bonchev–Trinajstić information content (AvgIpc) is 2.32. The maximum Gasteiger partial charge on any atom is 0.412 e. The number of carbonyl (C=O) groups excluding carboxylic acids is 1. The van der Waals surface area contributed by atoms with Crippen LogP contribution >= 0.6 is 0 Å². The van der Waals surface area contributed by atoms with Gasteiger partial charge in [-0.2, -0.15) is 0 Å². The minimum Gasteiger partial charge on any atom is -0.449 e. The lowest BCUT2D eigenvalue weighted by Crippen LogP contribution is -2.52. The second-order valence-corrected chi connectivity index (χ2v) is 5.00. The molecule has 1 fully saturated rings. The van der Waals surface area contributed by atoms with E-state index in [1.807, 2.05) is 34.6 Å². The molecule has 0 aromatic rings. The Kier molecular flexibility index (Phi) is 3.28. The van der Waals surface area contributed by atoms with Crippen molar-refractivity contribution in [1.29, 1.82) is 0 Å². The molecule has 0 aromatic carbocycles. The molecule has 0 N–H and O–H groups in total. The number of hydrogen-bond donors (Lipinski definition) is 0. The molecule has 88 valence electrons. The minimum absolute atomic E-state index is 0.288. The van der Waals surface area contributed by atoms with E-state index in [-0.39, 0.29) is 11.6 Å². The summed E-state index contributed by atoms with van der Waals surface area (Å²) in [7, 11) is 0. The molecule has 0 aliphatic carbocycles. The lowest BCUT2D eigenvalue weighted by atomic mass is 10.0. The van der Waals surface area contributed by atoms with Crippen LogP contribution in [0.15, 0.2) is 0 Å². The summed E-state index contributed by atoms with van der Waals surface area (Å²) < 4.78 is 10.7. The van der Waals surface area contributed by atoms with Crippen molar-refractivity contribution in [3.8, 4) is 0 Å². The summed E-state index contributed by atoms with van der Waals surface area (Å²) in [6, 6.07) is 0. The molecule has 0 spiro atoms. The summed E-state index contributed by atoms with van der Waals surface area (Å²) in [4.78, 5) is 13.5. The Hall–Kier alpha value is -0.770. The molecule has 1 saturated heterocycles. The van der Waals surface area contributed by atoms with E-state index in [2.05, 4.69) is 0 Å². The monoisotopic (exact) mass is 215 g/mol. The zero-order valence-electron chi connectivity index (χ0n) is 10.3. The fourth-order valence-electron chi connectivity index (χ4n) is 1.93. The predicted octanol–water partition coefficient (Wildman–Crippen LogP) is 2.38. The van der Waals surface area contributed by atoms with E-state index < -0.39 is 5.72 Å². The lowest BCUT2D eigenvalue weighted by molar-refractivity contribution is -0.0517. The molecule has 1 amide bonds. The fourth-order valence-corrected chi connectivity index (χ4v) is 1.93. The first-order valence-corrected chi connectivity index (χ1v) is 5.42. The Morgan fingerprint density at radius 2 is 2.00 bits per heavy atom. The molecule has 0 unspecified atom stereocenters. The van der Waals surface area contributed by atoms with Gasteiger partial charge in [0.15, 0.2) is 0 Å². The number of carbonyl (C=O) groups is 1. The number of amides is 1. The van der Waals surface area contributed by atoms with Crippen LogP contribution in [0.25, 0.3) is 0 Å². The summed E-state index contributed by atoms with van der Waals surface area (Å²) in [6.07, 6.45) is 0.547. The summed E-state index contributed by atoms with van der Waals surface area (Å²) in [5.74, 6) is 0. The van der Waals surface area contributed by atoms with Gasteiger partial charge in [0, 0.05) is 0 Å². The van der Waals surface area contributed by atoms with E-state index in [0.717, 1.165) is 6.42 Å². The average molecular weight is 215 g/mol. The van der Waals surface area contributed by atoms with Gasteiger partial charge >= 0.3 is 6.09 Å². The minimum atomic E-state index is -0.575. The van der Waals surface area contributed by atoms with E-state index >= 15 is 0 Å². The summed E-state index contributed by atoms with van der Waals surface area (Å²) in [6.45, 7) is 10.7. The SMILES string of the molecule is CCCOC(=O)N1C(C)(C)COC1(C)C. The molecule has 0 atom stereocenters. The van der Waals surface area contributed by atoms with Crippen molar-refractivity contribution in [3.05, 3.63) is 0 Å². The first kappa shape index (κ1) is 12.3. The van der Waals surface area contributed by atoms with Gasteiger partial charge in [-0.3, -0.25) is 4.90 Å². The predicted molar refractivity (Wildman–Crippen MR) is 57.6 cm³/mol. The van der Waals surface area contributed by atoms with Crippen molar-refractivity contribution in [2.75, 3.05) is 13.2 Å². The highest BCUT2D eigenvalue weighted by atomic mass is 16.6. The van der Waals surface area contributed by atoms with E-state index in [9.17, 15) is 4.79 Å². The molecule has 1 heterocycles. The van der Waals surface area contributed by atoms with E-state index in [1.165, 1.54) is 0 Å². The van der Waals surface area contributed by atoms with Gasteiger partial charge in [0.1, 0.15) is 5.72 Å². The zero-order valence-corrected chi connectivity index (χ0v) is 10.3. The third-order valence-electron chi connectivity index (χ3n) is 2.53. The van der Waals surface area contributed by atoms with Crippen molar-refractivity contribution in [1.82, 2.24) is 4.90 Å². The molecule has 4 heteroatoms. The maximum atomic E-state index is 11.9. The molecule has 4 nitrogen and oxygen atoms in total. The Balaban J connectivity index is 2.76.